The van der Waals surface area contributed by atoms with Crippen molar-refractivity contribution in [1.29, 1.82) is 0 Å². The van der Waals surface area contributed by atoms with Gasteiger partial charge in [0.25, 0.3) is 0 Å². The van der Waals surface area contributed by atoms with E-state index in [1.54, 1.807) is 7.11 Å². The summed E-state index contributed by atoms with van der Waals surface area (Å²) in [5.74, 6) is 0. The van der Waals surface area contributed by atoms with Crippen molar-refractivity contribution in [2.45, 2.75) is 32.3 Å². The quantitative estimate of drug-likeness (QED) is 0.735. The normalized spacial score (nSPS) is 20.8. The molecule has 1 rings (SSSR count). The van der Waals surface area contributed by atoms with Gasteiger partial charge in [0, 0.05) is 26.7 Å². The average molecular weight is 200 g/mol. The monoisotopic (exact) mass is 200 g/mol. The van der Waals surface area contributed by atoms with Gasteiger partial charge < -0.3 is 15.0 Å². The van der Waals surface area contributed by atoms with E-state index in [9.17, 15) is 0 Å². The highest BCUT2D eigenvalue weighted by Crippen LogP contribution is 2.13. The zero-order valence-corrected chi connectivity index (χ0v) is 9.81. The van der Waals surface area contributed by atoms with E-state index in [1.165, 1.54) is 26.1 Å². The lowest BCUT2D eigenvalue weighted by Crippen LogP contribution is -2.34. The lowest BCUT2D eigenvalue weighted by Gasteiger charge is -2.27. The molecule has 0 spiro atoms. The molecule has 1 aliphatic rings. The highest BCUT2D eigenvalue weighted by atomic mass is 16.5. The number of nitrogens with one attached hydrogen (secondary N) is 1. The second-order valence-corrected chi connectivity index (χ2v) is 4.66. The van der Waals surface area contributed by atoms with E-state index in [4.69, 9.17) is 4.74 Å². The fraction of sp³-hybridized carbons (Fsp3) is 1.00. The van der Waals surface area contributed by atoms with E-state index in [0.29, 0.717) is 0 Å². The summed E-state index contributed by atoms with van der Waals surface area (Å²) in [5.41, 5.74) is 0.0275. The predicted molar refractivity (Wildman–Crippen MR) is 59.6 cm³/mol. The average Bonchev–Trinajstić information content (AvgIpc) is 2.43. The van der Waals surface area contributed by atoms with Crippen LogP contribution in [-0.2, 0) is 4.74 Å². The van der Waals surface area contributed by atoms with E-state index < -0.39 is 0 Å². The van der Waals surface area contributed by atoms with Crippen molar-refractivity contribution in [2.75, 3.05) is 39.8 Å². The summed E-state index contributed by atoms with van der Waals surface area (Å²) in [7, 11) is 1.80. The maximum absolute atomic E-state index is 5.42. The van der Waals surface area contributed by atoms with Crippen LogP contribution in [0.1, 0.15) is 26.7 Å². The highest BCUT2D eigenvalue weighted by molar-refractivity contribution is 4.72. The molecular weight excluding hydrogens is 176 g/mol. The second-order valence-electron chi connectivity index (χ2n) is 4.66. The van der Waals surface area contributed by atoms with E-state index >= 15 is 0 Å². The maximum Gasteiger partial charge on any atom is 0.0634 e. The first-order valence-electron chi connectivity index (χ1n) is 5.62. The summed E-state index contributed by atoms with van der Waals surface area (Å²) in [4.78, 5) is 2.53. The van der Waals surface area contributed by atoms with Crippen LogP contribution in [0.2, 0.25) is 0 Å². The molecule has 0 aliphatic carbocycles. The van der Waals surface area contributed by atoms with Gasteiger partial charge in [0.2, 0.25) is 0 Å². The molecule has 14 heavy (non-hydrogen) atoms. The van der Waals surface area contributed by atoms with Crippen LogP contribution in [0.3, 0.4) is 0 Å². The van der Waals surface area contributed by atoms with Crippen LogP contribution < -0.4 is 5.32 Å². The van der Waals surface area contributed by atoms with Gasteiger partial charge in [0.15, 0.2) is 0 Å². The molecule has 1 N–H and O–H groups in total. The van der Waals surface area contributed by atoms with E-state index in [2.05, 4.69) is 24.1 Å². The summed E-state index contributed by atoms with van der Waals surface area (Å²) < 4.78 is 5.42. The van der Waals surface area contributed by atoms with Crippen molar-refractivity contribution in [3.8, 4) is 0 Å². The summed E-state index contributed by atoms with van der Waals surface area (Å²) in [6.45, 7) is 10.2. The van der Waals surface area contributed by atoms with Gasteiger partial charge in [-0.05, 0) is 39.8 Å². The molecule has 0 bridgehead atoms. The number of hydrogen-bond donors (Lipinski definition) is 1. The van der Waals surface area contributed by atoms with Crippen LogP contribution in [0.5, 0.6) is 0 Å². The first kappa shape index (κ1) is 12.0. The van der Waals surface area contributed by atoms with Crippen LogP contribution >= 0.6 is 0 Å². The number of hydrogen-bond acceptors (Lipinski definition) is 3. The van der Waals surface area contributed by atoms with Gasteiger partial charge in [-0.2, -0.15) is 0 Å². The van der Waals surface area contributed by atoms with Gasteiger partial charge in [-0.25, -0.2) is 0 Å². The minimum Gasteiger partial charge on any atom is -0.379 e. The zero-order chi connectivity index (χ0) is 10.4. The molecule has 0 aromatic heterocycles. The number of methoxy groups -OCH3 is 1. The number of rotatable bonds is 4. The van der Waals surface area contributed by atoms with Crippen molar-refractivity contribution < 1.29 is 4.74 Å². The molecule has 1 aliphatic heterocycles. The van der Waals surface area contributed by atoms with Crippen molar-refractivity contribution >= 4 is 0 Å². The fourth-order valence-electron chi connectivity index (χ4n) is 1.65. The molecule has 1 saturated heterocycles. The van der Waals surface area contributed by atoms with Crippen LogP contribution in [-0.4, -0.2) is 50.3 Å². The van der Waals surface area contributed by atoms with Crippen LogP contribution in [0.4, 0.5) is 0 Å². The van der Waals surface area contributed by atoms with E-state index in [1.807, 2.05) is 0 Å². The first-order chi connectivity index (χ1) is 6.64. The molecular formula is C11H24N2O. The summed E-state index contributed by atoms with van der Waals surface area (Å²) in [5, 5.41) is 3.42. The van der Waals surface area contributed by atoms with Crippen molar-refractivity contribution in [1.82, 2.24) is 10.2 Å². The molecule has 0 atom stereocenters. The number of ether oxygens (including phenoxy) is 1. The first-order valence-corrected chi connectivity index (χ1v) is 5.62. The SMILES string of the molecule is COC(C)(C)CCN1CCCNCC1. The molecule has 3 nitrogen and oxygen atoms in total. The summed E-state index contributed by atoms with van der Waals surface area (Å²) in [6, 6.07) is 0. The Balaban J connectivity index is 2.22. The van der Waals surface area contributed by atoms with Crippen LogP contribution in [0, 0.1) is 0 Å². The highest BCUT2D eigenvalue weighted by Gasteiger charge is 2.18. The van der Waals surface area contributed by atoms with Gasteiger partial charge in [-0.1, -0.05) is 0 Å². The zero-order valence-electron chi connectivity index (χ0n) is 9.81. The van der Waals surface area contributed by atoms with Gasteiger partial charge in [-0.3, -0.25) is 0 Å². The minimum absolute atomic E-state index is 0.0275. The number of nitrogens with zero attached hydrogens (tertiary/aromatic N) is 1. The van der Waals surface area contributed by atoms with Gasteiger partial charge in [0.05, 0.1) is 5.60 Å². The maximum atomic E-state index is 5.42. The van der Waals surface area contributed by atoms with Crippen molar-refractivity contribution in [2.24, 2.45) is 0 Å². The fourth-order valence-corrected chi connectivity index (χ4v) is 1.65. The Hall–Kier alpha value is -0.120. The summed E-state index contributed by atoms with van der Waals surface area (Å²) in [6.07, 6.45) is 2.39. The molecule has 0 unspecified atom stereocenters. The molecule has 0 radical (unpaired) electrons. The molecule has 0 amide bonds. The van der Waals surface area contributed by atoms with Gasteiger partial charge in [0.1, 0.15) is 0 Å². The topological polar surface area (TPSA) is 24.5 Å². The Morgan fingerprint density at radius 2 is 2.07 bits per heavy atom. The Morgan fingerprint density at radius 3 is 2.79 bits per heavy atom. The molecule has 1 heterocycles. The Kier molecular flexibility index (Phi) is 4.85. The van der Waals surface area contributed by atoms with Gasteiger partial charge >= 0.3 is 0 Å². The van der Waals surface area contributed by atoms with Gasteiger partial charge in [-0.15, -0.1) is 0 Å². The van der Waals surface area contributed by atoms with E-state index in [-0.39, 0.29) is 5.60 Å². The predicted octanol–water partition coefficient (Wildman–Crippen LogP) is 1.10. The third-order valence-electron chi connectivity index (χ3n) is 3.02. The standard InChI is InChI=1S/C11H24N2O/c1-11(2,14-3)5-9-13-8-4-6-12-7-10-13/h12H,4-10H2,1-3H3. The minimum atomic E-state index is 0.0275. The second kappa shape index (κ2) is 5.69. The lowest BCUT2D eigenvalue weighted by molar-refractivity contribution is 0.00787. The Bertz CT molecular complexity index is 151. The van der Waals surface area contributed by atoms with E-state index in [0.717, 1.165) is 19.5 Å². The Labute approximate surface area is 87.8 Å². The third-order valence-corrected chi connectivity index (χ3v) is 3.02. The molecule has 0 aromatic rings. The molecule has 1 fully saturated rings. The van der Waals surface area contributed by atoms with Crippen molar-refractivity contribution in [3.63, 3.8) is 0 Å². The largest absolute Gasteiger partial charge is 0.379 e. The van der Waals surface area contributed by atoms with Crippen LogP contribution in [0.15, 0.2) is 0 Å². The smallest absolute Gasteiger partial charge is 0.0634 e. The Morgan fingerprint density at radius 1 is 1.29 bits per heavy atom. The molecule has 0 saturated carbocycles. The lowest BCUT2D eigenvalue weighted by atomic mass is 10.1. The summed E-state index contributed by atoms with van der Waals surface area (Å²) >= 11 is 0. The molecule has 84 valence electrons. The molecule has 3 heteroatoms. The van der Waals surface area contributed by atoms with Crippen LogP contribution in [0.25, 0.3) is 0 Å². The van der Waals surface area contributed by atoms with Crippen molar-refractivity contribution in [3.05, 3.63) is 0 Å². The third kappa shape index (κ3) is 4.40. The molecule has 0 aromatic carbocycles.